The number of hydrogen-bond donors (Lipinski definition) is 1. The van der Waals surface area contributed by atoms with Crippen LogP contribution in [0.5, 0.6) is 0 Å². The van der Waals surface area contributed by atoms with Gasteiger partial charge in [-0.25, -0.2) is 4.99 Å². The molecule has 0 saturated heterocycles. The van der Waals surface area contributed by atoms with Crippen molar-refractivity contribution in [3.63, 3.8) is 0 Å². The zero-order valence-electron chi connectivity index (χ0n) is 7.43. The smallest absolute Gasteiger partial charge is 0.212 e. The van der Waals surface area contributed by atoms with Crippen LogP contribution in [0, 0.1) is 0 Å². The topological polar surface area (TPSA) is 41.5 Å². The molecule has 0 bridgehead atoms. The van der Waals surface area contributed by atoms with E-state index in [0.29, 0.717) is 12.2 Å². The monoisotopic (exact) mass is 154 g/mol. The van der Waals surface area contributed by atoms with Crippen LogP contribution in [0.1, 0.15) is 27.7 Å². The van der Waals surface area contributed by atoms with E-state index in [-0.39, 0.29) is 0 Å². The normalized spacial score (nSPS) is 10.7. The number of carbonyl (C=O) groups excluding carboxylic acids is 1. The summed E-state index contributed by atoms with van der Waals surface area (Å²) in [5.41, 5.74) is 2.09. The van der Waals surface area contributed by atoms with E-state index in [1.54, 1.807) is 6.92 Å². The molecule has 3 heteroatoms. The van der Waals surface area contributed by atoms with Crippen molar-refractivity contribution < 1.29 is 4.79 Å². The molecule has 0 aliphatic carbocycles. The number of aliphatic imine (C=N–C) groups is 1. The molecular formula is C8H14N2O. The third-order valence-corrected chi connectivity index (χ3v) is 1.33. The Bertz CT molecular complexity index is 200. The Balaban J connectivity index is 4.30. The van der Waals surface area contributed by atoms with Gasteiger partial charge in [-0.1, -0.05) is 5.57 Å². The van der Waals surface area contributed by atoms with Gasteiger partial charge in [0, 0.05) is 5.70 Å². The zero-order chi connectivity index (χ0) is 8.85. The van der Waals surface area contributed by atoms with Crippen LogP contribution in [-0.2, 0) is 4.79 Å². The highest BCUT2D eigenvalue weighted by atomic mass is 16.1. The summed E-state index contributed by atoms with van der Waals surface area (Å²) in [4.78, 5) is 14.1. The van der Waals surface area contributed by atoms with Gasteiger partial charge in [0.1, 0.15) is 5.84 Å². The molecule has 0 radical (unpaired) electrons. The first-order valence-electron chi connectivity index (χ1n) is 3.47. The van der Waals surface area contributed by atoms with Crippen molar-refractivity contribution >= 4 is 12.2 Å². The molecule has 1 amide bonds. The van der Waals surface area contributed by atoms with Gasteiger partial charge >= 0.3 is 0 Å². The summed E-state index contributed by atoms with van der Waals surface area (Å²) in [5.74, 6) is 0.624. The molecule has 0 saturated carbocycles. The van der Waals surface area contributed by atoms with E-state index < -0.39 is 0 Å². The number of hydrogen-bond acceptors (Lipinski definition) is 2. The fourth-order valence-electron chi connectivity index (χ4n) is 0.481. The number of amidine groups is 1. The van der Waals surface area contributed by atoms with Crippen molar-refractivity contribution in [1.29, 1.82) is 0 Å². The third kappa shape index (κ3) is 4.31. The molecule has 11 heavy (non-hydrogen) atoms. The Hall–Kier alpha value is -1.12. The third-order valence-electron chi connectivity index (χ3n) is 1.33. The molecule has 0 rings (SSSR count). The first-order valence-corrected chi connectivity index (χ1v) is 3.47. The number of nitrogens with one attached hydrogen (secondary N) is 1. The number of carbonyl (C=O) groups is 1. The van der Waals surface area contributed by atoms with E-state index in [9.17, 15) is 4.79 Å². The second-order valence-corrected chi connectivity index (χ2v) is 2.54. The molecule has 0 aromatic rings. The van der Waals surface area contributed by atoms with Gasteiger partial charge < -0.3 is 5.32 Å². The van der Waals surface area contributed by atoms with Crippen LogP contribution in [0.15, 0.2) is 16.3 Å². The van der Waals surface area contributed by atoms with Crippen LogP contribution in [0.3, 0.4) is 0 Å². The van der Waals surface area contributed by atoms with Gasteiger partial charge in [-0.05, 0) is 27.7 Å². The van der Waals surface area contributed by atoms with Crippen molar-refractivity contribution in [3.05, 3.63) is 11.3 Å². The largest absolute Gasteiger partial charge is 0.317 e. The van der Waals surface area contributed by atoms with Crippen molar-refractivity contribution in [3.8, 4) is 0 Å². The van der Waals surface area contributed by atoms with Crippen LogP contribution < -0.4 is 5.32 Å². The summed E-state index contributed by atoms with van der Waals surface area (Å²) in [6, 6.07) is 0. The number of nitrogens with zero attached hydrogens (tertiary/aromatic N) is 1. The SMILES string of the molecule is CC(=NC(C)=C(C)C)NC=O. The van der Waals surface area contributed by atoms with Crippen molar-refractivity contribution in [2.75, 3.05) is 0 Å². The summed E-state index contributed by atoms with van der Waals surface area (Å²) < 4.78 is 0. The Kier molecular flexibility index (Phi) is 4.18. The van der Waals surface area contributed by atoms with Gasteiger partial charge in [0.15, 0.2) is 0 Å². The van der Waals surface area contributed by atoms with Gasteiger partial charge in [-0.15, -0.1) is 0 Å². The Labute approximate surface area is 67.2 Å². The molecule has 0 fully saturated rings. The van der Waals surface area contributed by atoms with Gasteiger partial charge in [0.25, 0.3) is 0 Å². The van der Waals surface area contributed by atoms with Crippen LogP contribution in [-0.4, -0.2) is 12.2 Å². The maximum absolute atomic E-state index is 9.96. The molecule has 0 heterocycles. The van der Waals surface area contributed by atoms with Gasteiger partial charge in [-0.2, -0.15) is 0 Å². The summed E-state index contributed by atoms with van der Waals surface area (Å²) >= 11 is 0. The van der Waals surface area contributed by atoms with Gasteiger partial charge in [-0.3, -0.25) is 4.79 Å². The van der Waals surface area contributed by atoms with Crippen LogP contribution in [0.4, 0.5) is 0 Å². The van der Waals surface area contributed by atoms with Crippen LogP contribution >= 0.6 is 0 Å². The highest BCUT2D eigenvalue weighted by Gasteiger charge is 1.89. The van der Waals surface area contributed by atoms with Crippen LogP contribution in [0.2, 0.25) is 0 Å². The second kappa shape index (κ2) is 4.66. The van der Waals surface area contributed by atoms with Crippen molar-refractivity contribution in [1.82, 2.24) is 5.32 Å². The molecule has 0 atom stereocenters. The minimum Gasteiger partial charge on any atom is -0.317 e. The minimum atomic E-state index is 0.622. The van der Waals surface area contributed by atoms with E-state index in [4.69, 9.17) is 0 Å². The van der Waals surface area contributed by atoms with Crippen molar-refractivity contribution in [2.45, 2.75) is 27.7 Å². The molecule has 0 aromatic carbocycles. The van der Waals surface area contributed by atoms with Crippen molar-refractivity contribution in [2.24, 2.45) is 4.99 Å². The average molecular weight is 154 g/mol. The molecule has 3 nitrogen and oxygen atoms in total. The standard InChI is InChI=1S/C8H14N2O/c1-6(2)7(3)10-8(4)9-5-11/h5H,1-4H3,(H,9,10,11). The van der Waals surface area contributed by atoms with Gasteiger partial charge in [0.05, 0.1) is 0 Å². The quantitative estimate of drug-likeness (QED) is 0.365. The Morgan fingerprint density at radius 3 is 2.18 bits per heavy atom. The van der Waals surface area contributed by atoms with E-state index in [1.165, 1.54) is 0 Å². The molecule has 0 aliphatic heterocycles. The lowest BCUT2D eigenvalue weighted by molar-refractivity contribution is -0.108. The lowest BCUT2D eigenvalue weighted by Gasteiger charge is -1.98. The van der Waals surface area contributed by atoms with E-state index in [0.717, 1.165) is 11.3 Å². The van der Waals surface area contributed by atoms with E-state index in [2.05, 4.69) is 10.3 Å². The van der Waals surface area contributed by atoms with E-state index in [1.807, 2.05) is 20.8 Å². The second-order valence-electron chi connectivity index (χ2n) is 2.54. The number of rotatable bonds is 2. The average Bonchev–Trinajstić information content (AvgIpc) is 1.87. The highest BCUT2D eigenvalue weighted by Crippen LogP contribution is 2.02. The molecule has 62 valence electrons. The first kappa shape index (κ1) is 9.88. The fraction of sp³-hybridized carbons (Fsp3) is 0.500. The molecule has 0 spiro atoms. The molecular weight excluding hydrogens is 140 g/mol. The Morgan fingerprint density at radius 2 is 1.82 bits per heavy atom. The number of amides is 1. The molecule has 0 aliphatic rings. The predicted octanol–water partition coefficient (Wildman–Crippen LogP) is 1.46. The lowest BCUT2D eigenvalue weighted by Crippen LogP contribution is -2.17. The maximum atomic E-state index is 9.96. The summed E-state index contributed by atoms with van der Waals surface area (Å²) in [6.45, 7) is 7.62. The predicted molar refractivity (Wildman–Crippen MR) is 46.4 cm³/mol. The summed E-state index contributed by atoms with van der Waals surface area (Å²) in [6.07, 6.45) is 0.622. The van der Waals surface area contributed by atoms with E-state index >= 15 is 0 Å². The Morgan fingerprint density at radius 1 is 1.27 bits per heavy atom. The zero-order valence-corrected chi connectivity index (χ0v) is 7.43. The van der Waals surface area contributed by atoms with Crippen LogP contribution in [0.25, 0.3) is 0 Å². The minimum absolute atomic E-state index is 0.622. The summed E-state index contributed by atoms with van der Waals surface area (Å²) in [7, 11) is 0. The molecule has 0 aromatic heterocycles. The summed E-state index contributed by atoms with van der Waals surface area (Å²) in [5, 5.41) is 2.47. The lowest BCUT2D eigenvalue weighted by atomic mass is 10.3. The number of allylic oxidation sites excluding steroid dienone is 2. The molecule has 1 N–H and O–H groups in total. The fourth-order valence-corrected chi connectivity index (χ4v) is 0.481. The van der Waals surface area contributed by atoms with Gasteiger partial charge in [0.2, 0.25) is 6.41 Å². The maximum Gasteiger partial charge on any atom is 0.212 e. The first-order chi connectivity index (χ1) is 5.07. The highest BCUT2D eigenvalue weighted by molar-refractivity contribution is 5.89. The molecule has 0 unspecified atom stereocenters.